The highest BCUT2D eigenvalue weighted by Gasteiger charge is 1.91. The van der Waals surface area contributed by atoms with Crippen molar-refractivity contribution in [3.05, 3.63) is 29.8 Å². The largest absolute Gasteiger partial charge is 0.497 e. The first-order valence-corrected chi connectivity index (χ1v) is 5.90. The summed E-state index contributed by atoms with van der Waals surface area (Å²) < 4.78 is 5.70. The van der Waals surface area contributed by atoms with E-state index in [0.717, 1.165) is 11.3 Å². The van der Waals surface area contributed by atoms with E-state index in [4.69, 9.17) is 17.0 Å². The molecule has 0 aliphatic rings. The van der Waals surface area contributed by atoms with Crippen LogP contribution in [0, 0.1) is 0 Å². The summed E-state index contributed by atoms with van der Waals surface area (Å²) in [6.45, 7) is 0. The second-order valence-electron chi connectivity index (χ2n) is 2.63. The number of rotatable bonds is 3. The van der Waals surface area contributed by atoms with E-state index in [1.54, 1.807) is 13.3 Å². The van der Waals surface area contributed by atoms with Crippen molar-refractivity contribution in [1.82, 2.24) is 5.43 Å². The van der Waals surface area contributed by atoms with Crippen molar-refractivity contribution < 1.29 is 4.74 Å². The van der Waals surface area contributed by atoms with Gasteiger partial charge in [0.1, 0.15) is 5.75 Å². The first-order valence-electron chi connectivity index (χ1n) is 4.27. The molecule has 0 atom stereocenters. The van der Waals surface area contributed by atoms with E-state index in [9.17, 15) is 0 Å². The molecule has 0 aliphatic heterocycles. The molecule has 0 heterocycles. The van der Waals surface area contributed by atoms with Crippen LogP contribution >= 0.6 is 24.0 Å². The fraction of sp³-hybridized carbons (Fsp3) is 0.200. The molecular formula is C10H12N2OS2. The molecule has 1 N–H and O–H groups in total. The third kappa shape index (κ3) is 4.31. The van der Waals surface area contributed by atoms with Gasteiger partial charge in [0, 0.05) is 0 Å². The Labute approximate surface area is 98.9 Å². The van der Waals surface area contributed by atoms with E-state index in [1.165, 1.54) is 11.8 Å². The predicted molar refractivity (Wildman–Crippen MR) is 69.8 cm³/mol. The third-order valence-corrected chi connectivity index (χ3v) is 2.72. The normalized spacial score (nSPS) is 10.3. The topological polar surface area (TPSA) is 33.6 Å². The maximum Gasteiger partial charge on any atom is 0.153 e. The summed E-state index contributed by atoms with van der Waals surface area (Å²) in [6, 6.07) is 7.61. The summed E-state index contributed by atoms with van der Waals surface area (Å²) in [4.78, 5) is 0. The number of nitrogens with zero attached hydrogens (tertiary/aromatic N) is 1. The molecule has 15 heavy (non-hydrogen) atoms. The molecule has 0 saturated heterocycles. The standard InChI is InChI=1S/C10H12N2OS2/c1-13-9-5-3-8(4-6-9)7-11-12-10(14)15-2/h3-7H,1-2H3,(H,12,14). The zero-order chi connectivity index (χ0) is 11.1. The molecule has 0 aromatic heterocycles. The number of benzene rings is 1. The summed E-state index contributed by atoms with van der Waals surface area (Å²) >= 11 is 6.38. The van der Waals surface area contributed by atoms with Crippen LogP contribution in [0.4, 0.5) is 0 Å². The third-order valence-electron chi connectivity index (χ3n) is 1.67. The summed E-state index contributed by atoms with van der Waals surface area (Å²) in [5, 5.41) is 3.99. The van der Waals surface area contributed by atoms with Crippen molar-refractivity contribution in [1.29, 1.82) is 0 Å². The van der Waals surface area contributed by atoms with Crippen molar-refractivity contribution in [3.63, 3.8) is 0 Å². The van der Waals surface area contributed by atoms with Crippen molar-refractivity contribution in [2.45, 2.75) is 0 Å². The van der Waals surface area contributed by atoms with Gasteiger partial charge in [-0.1, -0.05) is 24.0 Å². The van der Waals surface area contributed by atoms with Crippen molar-refractivity contribution in [2.75, 3.05) is 13.4 Å². The van der Waals surface area contributed by atoms with Crippen molar-refractivity contribution >= 4 is 34.5 Å². The van der Waals surface area contributed by atoms with Crippen molar-refractivity contribution in [3.8, 4) is 5.75 Å². The highest BCUT2D eigenvalue weighted by Crippen LogP contribution is 2.09. The zero-order valence-corrected chi connectivity index (χ0v) is 10.2. The molecule has 0 fully saturated rings. The number of thioether (sulfide) groups is 1. The van der Waals surface area contributed by atoms with Gasteiger partial charge in [0.2, 0.25) is 0 Å². The van der Waals surface area contributed by atoms with Crippen LogP contribution in [0.25, 0.3) is 0 Å². The van der Waals surface area contributed by atoms with E-state index in [0.29, 0.717) is 4.32 Å². The van der Waals surface area contributed by atoms with Gasteiger partial charge in [-0.3, -0.25) is 5.43 Å². The van der Waals surface area contributed by atoms with E-state index < -0.39 is 0 Å². The molecule has 80 valence electrons. The van der Waals surface area contributed by atoms with Crippen LogP contribution in [0.2, 0.25) is 0 Å². The first-order chi connectivity index (χ1) is 7.26. The molecule has 0 saturated carbocycles. The van der Waals surface area contributed by atoms with Gasteiger partial charge >= 0.3 is 0 Å². The van der Waals surface area contributed by atoms with Gasteiger partial charge in [-0.2, -0.15) is 5.10 Å². The van der Waals surface area contributed by atoms with Crippen LogP contribution < -0.4 is 10.2 Å². The van der Waals surface area contributed by atoms with Crippen LogP contribution in [0.3, 0.4) is 0 Å². The number of hydrogen-bond acceptors (Lipinski definition) is 4. The number of hydrogen-bond donors (Lipinski definition) is 1. The molecule has 0 unspecified atom stereocenters. The molecule has 1 aromatic rings. The lowest BCUT2D eigenvalue weighted by atomic mass is 10.2. The maximum absolute atomic E-state index is 5.05. The minimum Gasteiger partial charge on any atom is -0.497 e. The smallest absolute Gasteiger partial charge is 0.153 e. The number of thiocarbonyl (C=S) groups is 1. The monoisotopic (exact) mass is 240 g/mol. The van der Waals surface area contributed by atoms with Crippen LogP contribution in [0.1, 0.15) is 5.56 Å². The average Bonchev–Trinajstić information content (AvgIpc) is 2.29. The van der Waals surface area contributed by atoms with Crippen LogP contribution in [0.5, 0.6) is 5.75 Å². The lowest BCUT2D eigenvalue weighted by Gasteiger charge is -1.99. The van der Waals surface area contributed by atoms with Gasteiger partial charge in [0.05, 0.1) is 13.3 Å². The zero-order valence-electron chi connectivity index (χ0n) is 8.56. The molecule has 1 rings (SSSR count). The molecule has 0 bridgehead atoms. The van der Waals surface area contributed by atoms with Gasteiger partial charge in [0.15, 0.2) is 4.32 Å². The first kappa shape index (κ1) is 12.0. The Morgan fingerprint density at radius 1 is 1.47 bits per heavy atom. The van der Waals surface area contributed by atoms with E-state index in [1.807, 2.05) is 30.5 Å². The van der Waals surface area contributed by atoms with E-state index in [-0.39, 0.29) is 0 Å². The second kappa shape index (κ2) is 6.42. The van der Waals surface area contributed by atoms with E-state index in [2.05, 4.69) is 10.5 Å². The average molecular weight is 240 g/mol. The van der Waals surface area contributed by atoms with Crippen molar-refractivity contribution in [2.24, 2.45) is 5.10 Å². The van der Waals surface area contributed by atoms with Gasteiger partial charge < -0.3 is 4.74 Å². The molecule has 0 aliphatic carbocycles. The highest BCUT2D eigenvalue weighted by molar-refractivity contribution is 8.22. The van der Waals surface area contributed by atoms with E-state index >= 15 is 0 Å². The Morgan fingerprint density at radius 2 is 2.13 bits per heavy atom. The molecular weight excluding hydrogens is 228 g/mol. The van der Waals surface area contributed by atoms with Gasteiger partial charge in [0.25, 0.3) is 0 Å². The fourth-order valence-corrected chi connectivity index (χ4v) is 1.09. The SMILES string of the molecule is COc1ccc(C=NNC(=S)SC)cc1. The highest BCUT2D eigenvalue weighted by atomic mass is 32.2. The van der Waals surface area contributed by atoms with Crippen LogP contribution in [-0.4, -0.2) is 23.9 Å². The van der Waals surface area contributed by atoms with Crippen LogP contribution in [-0.2, 0) is 0 Å². The lowest BCUT2D eigenvalue weighted by molar-refractivity contribution is 0.415. The number of ether oxygens (including phenoxy) is 1. The molecule has 0 spiro atoms. The lowest BCUT2D eigenvalue weighted by Crippen LogP contribution is -2.10. The van der Waals surface area contributed by atoms with Gasteiger partial charge in [-0.05, 0) is 36.1 Å². The maximum atomic E-state index is 5.05. The molecule has 3 nitrogen and oxygen atoms in total. The Morgan fingerprint density at radius 3 is 2.67 bits per heavy atom. The molecule has 1 aromatic carbocycles. The number of hydrazone groups is 1. The van der Waals surface area contributed by atoms with Gasteiger partial charge in [-0.25, -0.2) is 0 Å². The molecule has 5 heteroatoms. The predicted octanol–water partition coefficient (Wildman–Crippen LogP) is 2.27. The quantitative estimate of drug-likeness (QED) is 0.499. The summed E-state index contributed by atoms with van der Waals surface area (Å²) in [5.74, 6) is 0.833. The molecule has 0 radical (unpaired) electrons. The summed E-state index contributed by atoms with van der Waals surface area (Å²) in [7, 11) is 1.64. The van der Waals surface area contributed by atoms with Crippen LogP contribution in [0.15, 0.2) is 29.4 Å². The molecule has 0 amide bonds. The van der Waals surface area contributed by atoms with Gasteiger partial charge in [-0.15, -0.1) is 0 Å². The summed E-state index contributed by atoms with van der Waals surface area (Å²) in [6.07, 6.45) is 3.61. The number of nitrogens with one attached hydrogen (secondary N) is 1. The second-order valence-corrected chi connectivity index (χ2v) is 4.12. The Balaban J connectivity index is 2.53. The summed E-state index contributed by atoms with van der Waals surface area (Å²) in [5.41, 5.74) is 3.73. The Hall–Kier alpha value is -1.07. The fourth-order valence-electron chi connectivity index (χ4n) is 0.895. The minimum atomic E-state index is 0.653. The Kier molecular flexibility index (Phi) is 5.14. The number of methoxy groups -OCH3 is 1. The minimum absolute atomic E-state index is 0.653. The Bertz CT molecular complexity index is 349.